The standard InChI is InChI=1S/C20H22FN3O/c1-13-10-18(22-12-24(3)4)14(2)9-17(13)20-11-19(23-25-20)15-5-7-16(21)8-6-15/h5-10,12,20H,11H2,1-4H3. The lowest BCUT2D eigenvalue weighted by Crippen LogP contribution is -2.07. The molecule has 130 valence electrons. The lowest BCUT2D eigenvalue weighted by Gasteiger charge is -2.14. The fourth-order valence-electron chi connectivity index (χ4n) is 2.84. The third-order valence-electron chi connectivity index (χ3n) is 4.21. The summed E-state index contributed by atoms with van der Waals surface area (Å²) >= 11 is 0. The van der Waals surface area contributed by atoms with Crippen LogP contribution in [0.25, 0.3) is 0 Å². The van der Waals surface area contributed by atoms with Crippen molar-refractivity contribution < 1.29 is 9.23 Å². The summed E-state index contributed by atoms with van der Waals surface area (Å²) in [6, 6.07) is 10.5. The van der Waals surface area contributed by atoms with Crippen molar-refractivity contribution in [1.82, 2.24) is 4.90 Å². The van der Waals surface area contributed by atoms with Gasteiger partial charge in [-0.15, -0.1) is 0 Å². The first kappa shape index (κ1) is 17.1. The van der Waals surface area contributed by atoms with E-state index in [1.807, 2.05) is 25.9 Å². The van der Waals surface area contributed by atoms with Gasteiger partial charge < -0.3 is 9.74 Å². The molecule has 0 saturated carbocycles. The normalized spacial score (nSPS) is 16.8. The number of rotatable bonds is 4. The molecule has 0 fully saturated rings. The van der Waals surface area contributed by atoms with Gasteiger partial charge >= 0.3 is 0 Å². The predicted molar refractivity (Wildman–Crippen MR) is 99.1 cm³/mol. The first-order valence-electron chi connectivity index (χ1n) is 8.24. The second-order valence-electron chi connectivity index (χ2n) is 6.55. The number of oxime groups is 1. The van der Waals surface area contributed by atoms with Gasteiger partial charge in [0.15, 0.2) is 6.10 Å². The zero-order valence-electron chi connectivity index (χ0n) is 15.0. The maximum atomic E-state index is 13.1. The summed E-state index contributed by atoms with van der Waals surface area (Å²) in [4.78, 5) is 12.1. The van der Waals surface area contributed by atoms with E-state index in [0.717, 1.165) is 33.7 Å². The van der Waals surface area contributed by atoms with E-state index in [1.54, 1.807) is 18.5 Å². The molecule has 0 amide bonds. The zero-order valence-corrected chi connectivity index (χ0v) is 15.0. The Labute approximate surface area is 147 Å². The topological polar surface area (TPSA) is 37.2 Å². The Morgan fingerprint density at radius 1 is 1.16 bits per heavy atom. The molecule has 0 spiro atoms. The molecule has 1 heterocycles. The minimum Gasteiger partial charge on any atom is -0.387 e. The lowest BCUT2D eigenvalue weighted by atomic mass is 9.95. The number of hydrogen-bond donors (Lipinski definition) is 0. The smallest absolute Gasteiger partial charge is 0.158 e. The highest BCUT2D eigenvalue weighted by atomic mass is 19.1. The van der Waals surface area contributed by atoms with Crippen molar-refractivity contribution in [2.45, 2.75) is 26.4 Å². The summed E-state index contributed by atoms with van der Waals surface area (Å²) in [6.07, 6.45) is 2.35. The van der Waals surface area contributed by atoms with Gasteiger partial charge in [0.05, 0.1) is 17.7 Å². The van der Waals surface area contributed by atoms with Gasteiger partial charge in [0, 0.05) is 20.5 Å². The predicted octanol–water partition coefficient (Wildman–Crippen LogP) is 4.53. The van der Waals surface area contributed by atoms with E-state index in [4.69, 9.17) is 4.84 Å². The molecule has 4 nitrogen and oxygen atoms in total. The van der Waals surface area contributed by atoms with E-state index in [1.165, 1.54) is 12.1 Å². The zero-order chi connectivity index (χ0) is 18.0. The molecule has 1 aliphatic heterocycles. The van der Waals surface area contributed by atoms with Gasteiger partial charge in [-0.05, 0) is 60.4 Å². The number of aryl methyl sites for hydroxylation is 2. The van der Waals surface area contributed by atoms with Crippen molar-refractivity contribution in [3.05, 3.63) is 64.5 Å². The molecule has 5 heteroatoms. The second-order valence-corrected chi connectivity index (χ2v) is 6.55. The molecule has 2 aromatic carbocycles. The molecule has 0 aliphatic carbocycles. The van der Waals surface area contributed by atoms with E-state index in [0.29, 0.717) is 6.42 Å². The van der Waals surface area contributed by atoms with E-state index in [-0.39, 0.29) is 11.9 Å². The Balaban J connectivity index is 1.79. The summed E-state index contributed by atoms with van der Waals surface area (Å²) in [5, 5.41) is 4.20. The van der Waals surface area contributed by atoms with Crippen LogP contribution in [-0.2, 0) is 4.84 Å². The average Bonchev–Trinajstić information content (AvgIpc) is 3.05. The van der Waals surface area contributed by atoms with Gasteiger partial charge in [-0.2, -0.15) is 0 Å². The number of aliphatic imine (C=N–C) groups is 1. The Bertz CT molecular complexity index is 826. The molecule has 2 aromatic rings. The fraction of sp³-hybridized carbons (Fsp3) is 0.300. The first-order chi connectivity index (χ1) is 11.9. The SMILES string of the molecule is Cc1cc(C2CC(c3ccc(F)cc3)=NO2)c(C)cc1N=CN(C)C. The summed E-state index contributed by atoms with van der Waals surface area (Å²) in [7, 11) is 3.89. The van der Waals surface area contributed by atoms with Crippen molar-refractivity contribution in [3.8, 4) is 0 Å². The summed E-state index contributed by atoms with van der Waals surface area (Å²) in [5.74, 6) is -0.250. The Hall–Kier alpha value is -2.69. The van der Waals surface area contributed by atoms with Gasteiger partial charge in [-0.25, -0.2) is 9.38 Å². The van der Waals surface area contributed by atoms with Crippen molar-refractivity contribution in [2.75, 3.05) is 14.1 Å². The maximum Gasteiger partial charge on any atom is 0.158 e. The third-order valence-corrected chi connectivity index (χ3v) is 4.21. The van der Waals surface area contributed by atoms with Gasteiger partial charge in [0.1, 0.15) is 5.82 Å². The molecule has 25 heavy (non-hydrogen) atoms. The Morgan fingerprint density at radius 3 is 2.56 bits per heavy atom. The number of halogens is 1. The molecule has 1 atom stereocenters. The van der Waals surface area contributed by atoms with Gasteiger partial charge in [-0.3, -0.25) is 0 Å². The summed E-state index contributed by atoms with van der Waals surface area (Å²) < 4.78 is 13.1. The van der Waals surface area contributed by atoms with E-state index in [2.05, 4.69) is 29.2 Å². The molecule has 1 unspecified atom stereocenters. The van der Waals surface area contributed by atoms with Crippen molar-refractivity contribution >= 4 is 17.7 Å². The molecule has 0 aromatic heterocycles. The van der Waals surface area contributed by atoms with Gasteiger partial charge in [0.2, 0.25) is 0 Å². The molecule has 0 N–H and O–H groups in total. The van der Waals surface area contributed by atoms with Crippen LogP contribution in [0.3, 0.4) is 0 Å². The maximum absolute atomic E-state index is 13.1. The minimum absolute atomic E-state index is 0.120. The van der Waals surface area contributed by atoms with Gasteiger partial charge in [-0.1, -0.05) is 17.3 Å². The van der Waals surface area contributed by atoms with E-state index in [9.17, 15) is 4.39 Å². The fourth-order valence-corrected chi connectivity index (χ4v) is 2.84. The van der Waals surface area contributed by atoms with Crippen LogP contribution >= 0.6 is 0 Å². The minimum atomic E-state index is -0.250. The summed E-state index contributed by atoms with van der Waals surface area (Å²) in [5.41, 5.74) is 6.02. The first-order valence-corrected chi connectivity index (χ1v) is 8.24. The van der Waals surface area contributed by atoms with Crippen molar-refractivity contribution in [3.63, 3.8) is 0 Å². The van der Waals surface area contributed by atoms with Crippen LogP contribution in [0.15, 0.2) is 46.5 Å². The summed E-state index contributed by atoms with van der Waals surface area (Å²) in [6.45, 7) is 4.10. The Kier molecular flexibility index (Phi) is 4.83. The van der Waals surface area contributed by atoms with Crippen LogP contribution in [0.5, 0.6) is 0 Å². The van der Waals surface area contributed by atoms with Crippen LogP contribution in [0.4, 0.5) is 10.1 Å². The Morgan fingerprint density at radius 2 is 1.88 bits per heavy atom. The highest BCUT2D eigenvalue weighted by molar-refractivity contribution is 6.01. The molecule has 0 radical (unpaired) electrons. The molecule has 3 rings (SSSR count). The lowest BCUT2D eigenvalue weighted by molar-refractivity contribution is 0.0852. The molecule has 1 aliphatic rings. The number of benzene rings is 2. The van der Waals surface area contributed by atoms with Crippen LogP contribution in [0.2, 0.25) is 0 Å². The molecule has 0 saturated heterocycles. The third kappa shape index (κ3) is 3.87. The monoisotopic (exact) mass is 339 g/mol. The molecule has 0 bridgehead atoms. The van der Waals surface area contributed by atoms with Crippen molar-refractivity contribution in [1.29, 1.82) is 0 Å². The van der Waals surface area contributed by atoms with E-state index < -0.39 is 0 Å². The number of nitrogens with zero attached hydrogens (tertiary/aromatic N) is 3. The van der Waals surface area contributed by atoms with Crippen LogP contribution in [0, 0.1) is 19.7 Å². The van der Waals surface area contributed by atoms with Crippen molar-refractivity contribution in [2.24, 2.45) is 10.1 Å². The average molecular weight is 339 g/mol. The highest BCUT2D eigenvalue weighted by Crippen LogP contribution is 2.34. The number of hydrogen-bond acceptors (Lipinski definition) is 3. The molecular weight excluding hydrogens is 317 g/mol. The van der Waals surface area contributed by atoms with Crippen LogP contribution in [0.1, 0.15) is 34.8 Å². The van der Waals surface area contributed by atoms with Crippen LogP contribution < -0.4 is 0 Å². The molecular formula is C20H22FN3O. The largest absolute Gasteiger partial charge is 0.387 e. The van der Waals surface area contributed by atoms with Crippen LogP contribution in [-0.4, -0.2) is 31.0 Å². The van der Waals surface area contributed by atoms with E-state index >= 15 is 0 Å². The van der Waals surface area contributed by atoms with Gasteiger partial charge in [0.25, 0.3) is 0 Å². The second kappa shape index (κ2) is 7.05. The highest BCUT2D eigenvalue weighted by Gasteiger charge is 2.25. The quantitative estimate of drug-likeness (QED) is 0.606.